The van der Waals surface area contributed by atoms with Crippen LogP contribution in [0, 0.1) is 0 Å². The Morgan fingerprint density at radius 1 is 0.605 bits per heavy atom. The van der Waals surface area contributed by atoms with Gasteiger partial charge in [0.1, 0.15) is 5.58 Å². The minimum Gasteiger partial charge on any atom is -0.454 e. The molecule has 8 aromatic rings. The van der Waals surface area contributed by atoms with E-state index in [0.29, 0.717) is 22.5 Å². The summed E-state index contributed by atoms with van der Waals surface area (Å²) in [4.78, 5) is 1.99. The van der Waals surface area contributed by atoms with Crippen molar-refractivity contribution in [3.63, 3.8) is 0 Å². The second-order valence-corrected chi connectivity index (χ2v) is 11.8. The zero-order valence-corrected chi connectivity index (χ0v) is 24.7. The van der Waals surface area contributed by atoms with Gasteiger partial charge in [-0.25, -0.2) is 0 Å². The lowest BCUT2D eigenvalue weighted by atomic mass is 10.0. The molecule has 0 aliphatic carbocycles. The van der Waals surface area contributed by atoms with Crippen molar-refractivity contribution in [1.82, 2.24) is 0 Å². The van der Waals surface area contributed by atoms with E-state index in [1.54, 1.807) is 23.5 Å². The lowest BCUT2D eigenvalue weighted by Crippen LogP contribution is -2.11. The lowest BCUT2D eigenvalue weighted by molar-refractivity contribution is 0.669. The fourth-order valence-electron chi connectivity index (χ4n) is 5.57. The fraction of sp³-hybridized carbons (Fsp3) is 0. The van der Waals surface area contributed by atoms with E-state index in [0.717, 1.165) is 43.3 Å². The normalized spacial score (nSPS) is 13.1. The van der Waals surface area contributed by atoms with Crippen LogP contribution < -0.4 is 4.90 Å². The van der Waals surface area contributed by atoms with Gasteiger partial charge < -0.3 is 9.32 Å². The summed E-state index contributed by atoms with van der Waals surface area (Å²) in [5, 5.41) is 5.31. The van der Waals surface area contributed by atoms with Gasteiger partial charge in [0.05, 0.1) is 34.0 Å². The van der Waals surface area contributed by atoms with Crippen LogP contribution in [0.1, 0.15) is 6.85 Å². The largest absolute Gasteiger partial charge is 0.454 e. The number of fused-ring (bicyclic) bond motifs is 4. The molecular weight excluding hydrogens is 589 g/mol. The van der Waals surface area contributed by atoms with Crippen LogP contribution in [0.4, 0.5) is 17.1 Å². The zero-order chi connectivity index (χ0) is 33.3. The number of rotatable bonds is 5. The average Bonchev–Trinajstić information content (AvgIpc) is 3.71. The summed E-state index contributed by atoms with van der Waals surface area (Å²) in [6, 6.07) is 31.6. The summed E-state index contributed by atoms with van der Waals surface area (Å²) in [7, 11) is 0. The van der Waals surface area contributed by atoms with Gasteiger partial charge in [-0.05, 0) is 58.7 Å². The van der Waals surface area contributed by atoms with Crippen molar-refractivity contribution in [3.05, 3.63) is 149 Å². The molecule has 0 spiro atoms. The van der Waals surface area contributed by atoms with E-state index in [1.165, 1.54) is 0 Å². The SMILES string of the molecule is [2H]c1c([2H])c([2H])c(-c2cc(Cl)c(Cl)c(N(c3csc4ccc(-c5ccccc5)cc34)c3cccc4c3oc3ccccc34)c2)c([2H])c1[2H]. The first-order chi connectivity index (χ1) is 23.2. The van der Waals surface area contributed by atoms with Gasteiger partial charge in [-0.1, -0.05) is 120 Å². The van der Waals surface area contributed by atoms with Gasteiger partial charge in [0, 0.05) is 26.2 Å². The number of halogens is 2. The number of nitrogens with zero attached hydrogens (tertiary/aromatic N) is 1. The monoisotopic (exact) mass is 616 g/mol. The topological polar surface area (TPSA) is 16.4 Å². The van der Waals surface area contributed by atoms with Crippen molar-refractivity contribution in [2.75, 3.05) is 4.90 Å². The first kappa shape index (κ1) is 21.2. The molecule has 0 saturated carbocycles. The Bertz CT molecular complexity index is 2540. The van der Waals surface area contributed by atoms with Gasteiger partial charge >= 0.3 is 0 Å². The molecule has 5 heteroatoms. The molecule has 0 atom stereocenters. The number of furan rings is 1. The molecule has 0 aliphatic rings. The van der Waals surface area contributed by atoms with E-state index < -0.39 is 18.1 Å². The van der Waals surface area contributed by atoms with Gasteiger partial charge in [-0.2, -0.15) is 0 Å². The van der Waals surface area contributed by atoms with Crippen LogP contribution in [0.15, 0.2) is 143 Å². The van der Waals surface area contributed by atoms with Crippen molar-refractivity contribution in [2.24, 2.45) is 0 Å². The molecule has 0 radical (unpaired) electrons. The molecule has 8 rings (SSSR count). The Morgan fingerprint density at radius 3 is 2.26 bits per heavy atom. The predicted octanol–water partition coefficient (Wildman–Crippen LogP) is 12.9. The highest BCUT2D eigenvalue weighted by atomic mass is 35.5. The molecule has 0 amide bonds. The summed E-state index contributed by atoms with van der Waals surface area (Å²) in [5.41, 5.74) is 5.84. The van der Waals surface area contributed by atoms with Gasteiger partial charge in [-0.3, -0.25) is 0 Å². The molecule has 0 fully saturated rings. The van der Waals surface area contributed by atoms with Crippen molar-refractivity contribution in [2.45, 2.75) is 0 Å². The molecule has 2 heterocycles. The molecule has 0 saturated heterocycles. The van der Waals surface area contributed by atoms with Crippen LogP contribution in [-0.4, -0.2) is 0 Å². The third kappa shape index (κ3) is 4.49. The van der Waals surface area contributed by atoms with E-state index in [9.17, 15) is 0 Å². The van der Waals surface area contributed by atoms with Crippen LogP contribution in [0.5, 0.6) is 0 Å². The molecule has 206 valence electrons. The van der Waals surface area contributed by atoms with E-state index in [2.05, 4.69) is 35.7 Å². The van der Waals surface area contributed by atoms with E-state index in [-0.39, 0.29) is 27.7 Å². The second-order valence-electron chi connectivity index (χ2n) is 10.1. The minimum atomic E-state index is -0.466. The maximum absolute atomic E-state index is 8.69. The molecule has 6 aromatic carbocycles. The maximum Gasteiger partial charge on any atom is 0.159 e. The Labute approximate surface area is 270 Å². The summed E-state index contributed by atoms with van der Waals surface area (Å²) < 4.78 is 49.7. The first-order valence-electron chi connectivity index (χ1n) is 16.1. The molecule has 0 unspecified atom stereocenters. The smallest absolute Gasteiger partial charge is 0.159 e. The number of benzene rings is 6. The van der Waals surface area contributed by atoms with Gasteiger partial charge in [-0.15, -0.1) is 11.3 Å². The number of para-hydroxylation sites is 2. The van der Waals surface area contributed by atoms with Crippen LogP contribution in [0.25, 0.3) is 54.3 Å². The van der Waals surface area contributed by atoms with Crippen LogP contribution >= 0.6 is 34.5 Å². The molecule has 2 aromatic heterocycles. The molecular formula is C38H23Cl2NOS. The van der Waals surface area contributed by atoms with Crippen molar-refractivity contribution >= 4 is 83.6 Å². The maximum atomic E-state index is 8.69. The predicted molar refractivity (Wildman–Crippen MR) is 185 cm³/mol. The second kappa shape index (κ2) is 10.6. The molecule has 43 heavy (non-hydrogen) atoms. The number of hydrogen-bond donors (Lipinski definition) is 0. The van der Waals surface area contributed by atoms with Gasteiger partial charge in [0.15, 0.2) is 5.58 Å². The zero-order valence-electron chi connectivity index (χ0n) is 27.4. The third-order valence-electron chi connectivity index (χ3n) is 7.56. The van der Waals surface area contributed by atoms with Crippen LogP contribution in [0.2, 0.25) is 10.0 Å². The van der Waals surface area contributed by atoms with Crippen LogP contribution in [0.3, 0.4) is 0 Å². The fourth-order valence-corrected chi connectivity index (χ4v) is 6.89. The number of hydrogen-bond acceptors (Lipinski definition) is 3. The quantitative estimate of drug-likeness (QED) is 0.191. The van der Waals surface area contributed by atoms with E-state index in [1.807, 2.05) is 65.6 Å². The van der Waals surface area contributed by atoms with Crippen molar-refractivity contribution in [3.8, 4) is 22.3 Å². The summed E-state index contributed by atoms with van der Waals surface area (Å²) in [5.74, 6) is 0. The van der Waals surface area contributed by atoms with E-state index >= 15 is 0 Å². The van der Waals surface area contributed by atoms with Crippen LogP contribution in [-0.2, 0) is 0 Å². The van der Waals surface area contributed by atoms with Gasteiger partial charge in [0.25, 0.3) is 0 Å². The number of anilines is 3. The minimum absolute atomic E-state index is 0.0317. The standard InChI is InChI=1S/C38H23Cl2NOS/c39-31-21-27(25-12-5-2-6-13-25)22-33(37(31)40)41(32-16-9-15-29-28-14-7-8-17-35(28)42-38(29)32)34-23-43-36-19-18-26(20-30(34)36)24-10-3-1-4-11-24/h1-23H/i2D,5D,6D,12D,13D. The Kier molecular flexibility index (Phi) is 5.24. The van der Waals surface area contributed by atoms with Gasteiger partial charge in [0.2, 0.25) is 0 Å². The first-order valence-corrected chi connectivity index (χ1v) is 15.2. The molecule has 0 aliphatic heterocycles. The third-order valence-corrected chi connectivity index (χ3v) is 9.31. The summed E-state index contributed by atoms with van der Waals surface area (Å²) in [6.45, 7) is 0. The Balaban J connectivity index is 1.45. The highest BCUT2D eigenvalue weighted by Crippen LogP contribution is 2.50. The lowest BCUT2D eigenvalue weighted by Gasteiger charge is -2.27. The molecule has 0 N–H and O–H groups in total. The van der Waals surface area contributed by atoms with E-state index in [4.69, 9.17) is 34.5 Å². The highest BCUT2D eigenvalue weighted by Gasteiger charge is 2.25. The van der Waals surface area contributed by atoms with Crippen molar-refractivity contribution < 1.29 is 11.3 Å². The Morgan fingerprint density at radius 2 is 1.40 bits per heavy atom. The molecule has 0 bridgehead atoms. The summed E-state index contributed by atoms with van der Waals surface area (Å²) in [6.07, 6.45) is 0. The summed E-state index contributed by atoms with van der Waals surface area (Å²) >= 11 is 15.5. The van der Waals surface area contributed by atoms with Crippen molar-refractivity contribution in [1.29, 1.82) is 0 Å². The number of thiophene rings is 1. The highest BCUT2D eigenvalue weighted by molar-refractivity contribution is 7.17. The Hall–Kier alpha value is -4.54. The average molecular weight is 618 g/mol. The molecule has 2 nitrogen and oxygen atoms in total.